The Hall–Kier alpha value is -1.93. The van der Waals surface area contributed by atoms with E-state index in [9.17, 15) is 10.1 Å². The van der Waals surface area contributed by atoms with Crippen molar-refractivity contribution < 1.29 is 9.34 Å². The molecule has 90 valence electrons. The van der Waals surface area contributed by atoms with E-state index in [4.69, 9.17) is 4.42 Å². The zero-order valence-corrected chi connectivity index (χ0v) is 10.4. The number of hydrogen-bond donors (Lipinski definition) is 0. The first-order valence-corrected chi connectivity index (χ1v) is 6.49. The molecule has 18 heavy (non-hydrogen) atoms. The number of rotatable bonds is 3. The fraction of sp³-hybridized carbons (Fsp3) is 0. The summed E-state index contributed by atoms with van der Waals surface area (Å²) < 4.78 is 6.03. The summed E-state index contributed by atoms with van der Waals surface area (Å²) in [7, 11) is 0. The van der Waals surface area contributed by atoms with E-state index in [0.717, 1.165) is 16.9 Å². The van der Waals surface area contributed by atoms with Crippen LogP contribution in [0, 0.1) is 10.1 Å². The third-order valence-electron chi connectivity index (χ3n) is 2.10. The first-order valence-electron chi connectivity index (χ1n) is 4.86. The van der Waals surface area contributed by atoms with Crippen molar-refractivity contribution in [3.63, 3.8) is 0 Å². The molecule has 2 aromatic heterocycles. The second-order valence-corrected chi connectivity index (χ2v) is 5.48. The lowest BCUT2D eigenvalue weighted by atomic mass is 10.3. The predicted molar refractivity (Wildman–Crippen MR) is 66.9 cm³/mol. The van der Waals surface area contributed by atoms with Crippen LogP contribution in [0.25, 0.3) is 11.1 Å². The van der Waals surface area contributed by atoms with Crippen LogP contribution in [0.2, 0.25) is 0 Å². The normalized spacial score (nSPS) is 10.9. The van der Waals surface area contributed by atoms with Gasteiger partial charge in [-0.25, -0.2) is 9.97 Å². The van der Waals surface area contributed by atoms with E-state index in [0.29, 0.717) is 15.1 Å². The summed E-state index contributed by atoms with van der Waals surface area (Å²) in [4.78, 5) is 18.3. The number of hydrogen-bond acceptors (Lipinski definition) is 7. The molecule has 3 aromatic rings. The highest BCUT2D eigenvalue weighted by Crippen LogP contribution is 2.34. The molecule has 6 nitrogen and oxygen atoms in total. The first-order chi connectivity index (χ1) is 8.72. The molecule has 0 fully saturated rings. The number of nitrogens with zero attached hydrogens (tertiary/aromatic N) is 3. The molecule has 0 bridgehead atoms. The molecule has 0 atom stereocenters. The van der Waals surface area contributed by atoms with Crippen LogP contribution in [-0.4, -0.2) is 14.9 Å². The molecule has 0 aliphatic rings. The minimum Gasteiger partial charge on any atom is -0.431 e. The Labute approximate surface area is 109 Å². The lowest BCUT2D eigenvalue weighted by Crippen LogP contribution is -1.80. The number of benzene rings is 1. The molecular formula is C10H5N3O3S2. The van der Waals surface area contributed by atoms with Crippen molar-refractivity contribution in [2.45, 2.75) is 9.56 Å². The third kappa shape index (κ3) is 2.07. The number of para-hydroxylation sites is 2. The van der Waals surface area contributed by atoms with Gasteiger partial charge in [0.1, 0.15) is 11.7 Å². The first kappa shape index (κ1) is 11.2. The number of nitro groups is 1. The van der Waals surface area contributed by atoms with E-state index in [-0.39, 0.29) is 5.00 Å². The summed E-state index contributed by atoms with van der Waals surface area (Å²) in [5, 5.41) is 11.0. The zero-order chi connectivity index (χ0) is 12.5. The zero-order valence-electron chi connectivity index (χ0n) is 8.77. The van der Waals surface area contributed by atoms with Gasteiger partial charge in [-0.05, 0) is 23.5 Å². The summed E-state index contributed by atoms with van der Waals surface area (Å²) in [5.41, 5.74) is 1.44. The molecule has 0 saturated carbocycles. The van der Waals surface area contributed by atoms with Crippen LogP contribution >= 0.6 is 23.1 Å². The average Bonchev–Trinajstić information content (AvgIpc) is 2.94. The Morgan fingerprint density at radius 3 is 2.94 bits per heavy atom. The van der Waals surface area contributed by atoms with Gasteiger partial charge in [-0.1, -0.05) is 12.1 Å². The van der Waals surface area contributed by atoms with Gasteiger partial charge in [-0.15, -0.1) is 0 Å². The third-order valence-corrected chi connectivity index (χ3v) is 3.97. The molecule has 0 N–H and O–H groups in total. The molecule has 2 heterocycles. The molecule has 0 amide bonds. The maximum Gasteiger partial charge on any atom is 0.344 e. The Balaban J connectivity index is 1.88. The van der Waals surface area contributed by atoms with Crippen LogP contribution in [0.3, 0.4) is 0 Å². The minimum atomic E-state index is -0.464. The summed E-state index contributed by atoms with van der Waals surface area (Å²) in [6.45, 7) is 0. The predicted octanol–water partition coefficient (Wildman–Crippen LogP) is 3.34. The molecule has 3 rings (SSSR count). The van der Waals surface area contributed by atoms with Crippen LogP contribution in [0.5, 0.6) is 0 Å². The highest BCUT2D eigenvalue weighted by molar-refractivity contribution is 8.00. The number of oxazole rings is 1. The lowest BCUT2D eigenvalue weighted by molar-refractivity contribution is -0.380. The smallest absolute Gasteiger partial charge is 0.344 e. The lowest BCUT2D eigenvalue weighted by Gasteiger charge is -1.86. The van der Waals surface area contributed by atoms with Gasteiger partial charge in [0.2, 0.25) is 0 Å². The van der Waals surface area contributed by atoms with Gasteiger partial charge < -0.3 is 4.42 Å². The van der Waals surface area contributed by atoms with Gasteiger partial charge in [0, 0.05) is 11.8 Å². The monoisotopic (exact) mass is 279 g/mol. The molecule has 0 aliphatic heterocycles. The van der Waals surface area contributed by atoms with E-state index in [1.54, 1.807) is 0 Å². The summed E-state index contributed by atoms with van der Waals surface area (Å²) in [6, 6.07) is 7.38. The molecule has 0 unspecified atom stereocenters. The van der Waals surface area contributed by atoms with Gasteiger partial charge in [-0.2, -0.15) is 0 Å². The molecular weight excluding hydrogens is 274 g/mol. The number of fused-ring (bicyclic) bond motifs is 1. The van der Waals surface area contributed by atoms with Crippen LogP contribution in [0.4, 0.5) is 5.00 Å². The van der Waals surface area contributed by atoms with Crippen molar-refractivity contribution in [3.05, 3.63) is 40.6 Å². The van der Waals surface area contributed by atoms with Crippen molar-refractivity contribution in [3.8, 4) is 0 Å². The average molecular weight is 279 g/mol. The largest absolute Gasteiger partial charge is 0.431 e. The van der Waals surface area contributed by atoms with E-state index in [2.05, 4.69) is 9.97 Å². The highest BCUT2D eigenvalue weighted by atomic mass is 32.2. The maximum atomic E-state index is 10.5. The molecule has 1 aromatic carbocycles. The molecule has 0 aliphatic carbocycles. The molecule has 0 radical (unpaired) electrons. The minimum absolute atomic E-state index is 0.00797. The maximum absolute atomic E-state index is 10.5. The Kier molecular flexibility index (Phi) is 2.73. The fourth-order valence-corrected chi connectivity index (χ4v) is 2.98. The van der Waals surface area contributed by atoms with Gasteiger partial charge in [0.05, 0.1) is 4.92 Å². The Bertz CT molecular complexity index is 689. The van der Waals surface area contributed by atoms with Crippen LogP contribution in [0.15, 0.2) is 44.4 Å². The van der Waals surface area contributed by atoms with E-state index in [1.165, 1.54) is 18.0 Å². The van der Waals surface area contributed by atoms with Gasteiger partial charge >= 0.3 is 5.00 Å². The molecule has 0 spiro atoms. The second-order valence-electron chi connectivity index (χ2n) is 3.27. The SMILES string of the molecule is O=[N+]([O-])c1cnc(Sc2nc3ccccc3o2)s1. The molecule has 8 heteroatoms. The van der Waals surface area contributed by atoms with Crippen molar-refractivity contribution in [1.82, 2.24) is 9.97 Å². The molecule has 0 saturated heterocycles. The van der Waals surface area contributed by atoms with Crippen LogP contribution in [0.1, 0.15) is 0 Å². The van der Waals surface area contributed by atoms with Gasteiger partial charge in [0.15, 0.2) is 9.92 Å². The van der Waals surface area contributed by atoms with E-state index < -0.39 is 4.92 Å². The fourth-order valence-electron chi connectivity index (χ4n) is 1.35. The summed E-state index contributed by atoms with van der Waals surface area (Å²) in [5.74, 6) is 0. The topological polar surface area (TPSA) is 82.1 Å². The highest BCUT2D eigenvalue weighted by Gasteiger charge is 2.15. The van der Waals surface area contributed by atoms with Crippen LogP contribution in [-0.2, 0) is 0 Å². The van der Waals surface area contributed by atoms with Gasteiger partial charge in [0.25, 0.3) is 5.22 Å². The number of aromatic nitrogens is 2. The summed E-state index contributed by atoms with van der Waals surface area (Å²) >= 11 is 2.18. The van der Waals surface area contributed by atoms with E-state index >= 15 is 0 Å². The van der Waals surface area contributed by atoms with Crippen molar-refractivity contribution >= 4 is 39.2 Å². The second kappa shape index (κ2) is 4.39. The summed E-state index contributed by atoms with van der Waals surface area (Å²) in [6.07, 6.45) is 1.23. The van der Waals surface area contributed by atoms with E-state index in [1.807, 2.05) is 24.3 Å². The van der Waals surface area contributed by atoms with Crippen molar-refractivity contribution in [2.75, 3.05) is 0 Å². The Morgan fingerprint density at radius 2 is 2.22 bits per heavy atom. The Morgan fingerprint density at radius 1 is 1.39 bits per heavy atom. The standard InChI is InChI=1S/C10H5N3O3S2/c14-13(15)8-5-11-10(17-8)18-9-12-6-3-1-2-4-7(6)16-9/h1-5H. The van der Waals surface area contributed by atoms with Crippen LogP contribution < -0.4 is 0 Å². The van der Waals surface area contributed by atoms with Gasteiger partial charge in [-0.3, -0.25) is 10.1 Å². The number of thiazole rings is 1. The quantitative estimate of drug-likeness (QED) is 0.540. The van der Waals surface area contributed by atoms with Crippen molar-refractivity contribution in [2.24, 2.45) is 0 Å². The van der Waals surface area contributed by atoms with Crippen molar-refractivity contribution in [1.29, 1.82) is 0 Å².